The smallest absolute Gasteiger partial charge is 0.293 e. The standard InChI is InChI=1S/C16H13F2N3O3/c17-11-2-1-3-14(15(11)18)24-7-6-21-5-4-10-9-19-12(8-13(10)21)16(22)20-23/h1-5,8-9,23H,6-7H2,(H,20,22). The van der Waals surface area contributed by atoms with Crippen LogP contribution in [0.1, 0.15) is 10.5 Å². The van der Waals surface area contributed by atoms with Crippen LogP contribution in [-0.4, -0.2) is 27.3 Å². The van der Waals surface area contributed by atoms with Gasteiger partial charge < -0.3 is 9.30 Å². The Morgan fingerprint density at radius 2 is 2.17 bits per heavy atom. The zero-order valence-electron chi connectivity index (χ0n) is 12.4. The molecule has 0 bridgehead atoms. The molecule has 24 heavy (non-hydrogen) atoms. The zero-order chi connectivity index (χ0) is 17.1. The SMILES string of the molecule is O=C(NO)c1cc2c(ccn2CCOc2cccc(F)c2F)cn1. The zero-order valence-corrected chi connectivity index (χ0v) is 12.4. The fourth-order valence-corrected chi connectivity index (χ4v) is 2.31. The quantitative estimate of drug-likeness (QED) is 0.556. The van der Waals surface area contributed by atoms with Gasteiger partial charge >= 0.3 is 0 Å². The second-order valence-electron chi connectivity index (χ2n) is 4.98. The van der Waals surface area contributed by atoms with Gasteiger partial charge in [0, 0.05) is 17.8 Å². The molecule has 0 unspecified atom stereocenters. The summed E-state index contributed by atoms with van der Waals surface area (Å²) >= 11 is 0. The Labute approximate surface area is 135 Å². The van der Waals surface area contributed by atoms with Gasteiger partial charge in [0.2, 0.25) is 5.82 Å². The van der Waals surface area contributed by atoms with Gasteiger partial charge in [0.1, 0.15) is 12.3 Å². The van der Waals surface area contributed by atoms with Gasteiger partial charge in [-0.05, 0) is 24.3 Å². The number of rotatable bonds is 5. The number of carbonyl (C=O) groups excluding carboxylic acids is 1. The summed E-state index contributed by atoms with van der Waals surface area (Å²) in [6, 6.07) is 7.04. The predicted molar refractivity (Wildman–Crippen MR) is 80.8 cm³/mol. The van der Waals surface area contributed by atoms with E-state index in [9.17, 15) is 13.6 Å². The average Bonchev–Trinajstić information content (AvgIpc) is 3.00. The van der Waals surface area contributed by atoms with E-state index in [0.717, 1.165) is 11.5 Å². The Kier molecular flexibility index (Phi) is 4.39. The molecule has 0 aliphatic carbocycles. The normalized spacial score (nSPS) is 10.8. The van der Waals surface area contributed by atoms with Crippen LogP contribution in [-0.2, 0) is 6.54 Å². The van der Waals surface area contributed by atoms with Crippen LogP contribution in [0.5, 0.6) is 5.75 Å². The van der Waals surface area contributed by atoms with Crippen molar-refractivity contribution in [1.29, 1.82) is 0 Å². The number of hydroxylamine groups is 1. The van der Waals surface area contributed by atoms with Gasteiger partial charge in [-0.25, -0.2) is 9.87 Å². The maximum atomic E-state index is 13.5. The minimum absolute atomic E-state index is 0.0574. The molecule has 1 amide bonds. The van der Waals surface area contributed by atoms with Gasteiger partial charge in [0.05, 0.1) is 12.1 Å². The van der Waals surface area contributed by atoms with Crippen LogP contribution < -0.4 is 10.2 Å². The second-order valence-corrected chi connectivity index (χ2v) is 4.98. The lowest BCUT2D eigenvalue weighted by atomic mass is 10.2. The fraction of sp³-hybridized carbons (Fsp3) is 0.125. The highest BCUT2D eigenvalue weighted by molar-refractivity contribution is 5.95. The Hall–Kier alpha value is -3.00. The van der Waals surface area contributed by atoms with E-state index in [4.69, 9.17) is 9.94 Å². The molecule has 0 fully saturated rings. The fourth-order valence-electron chi connectivity index (χ4n) is 2.31. The van der Waals surface area contributed by atoms with Crippen molar-refractivity contribution in [2.75, 3.05) is 6.61 Å². The maximum Gasteiger partial charge on any atom is 0.293 e. The van der Waals surface area contributed by atoms with E-state index in [1.54, 1.807) is 16.8 Å². The summed E-state index contributed by atoms with van der Waals surface area (Å²) in [7, 11) is 0. The summed E-state index contributed by atoms with van der Waals surface area (Å²) in [5.74, 6) is -2.87. The molecule has 3 rings (SSSR count). The highest BCUT2D eigenvalue weighted by Crippen LogP contribution is 2.20. The topological polar surface area (TPSA) is 76.4 Å². The van der Waals surface area contributed by atoms with E-state index < -0.39 is 17.5 Å². The number of pyridine rings is 1. The highest BCUT2D eigenvalue weighted by Gasteiger charge is 2.11. The number of hydrogen-bond acceptors (Lipinski definition) is 4. The number of halogens is 2. The molecule has 0 saturated carbocycles. The second kappa shape index (κ2) is 6.63. The number of carbonyl (C=O) groups is 1. The van der Waals surface area contributed by atoms with E-state index in [1.807, 2.05) is 0 Å². The first-order valence-corrected chi connectivity index (χ1v) is 7.06. The Bertz CT molecular complexity index is 895. The maximum absolute atomic E-state index is 13.5. The van der Waals surface area contributed by atoms with Gasteiger partial charge in [-0.2, -0.15) is 4.39 Å². The van der Waals surface area contributed by atoms with Gasteiger partial charge in [0.25, 0.3) is 5.91 Å². The summed E-state index contributed by atoms with van der Waals surface area (Å²) in [6.45, 7) is 0.456. The lowest BCUT2D eigenvalue weighted by Gasteiger charge is -2.09. The largest absolute Gasteiger partial charge is 0.489 e. The Morgan fingerprint density at radius 3 is 2.96 bits per heavy atom. The van der Waals surface area contributed by atoms with E-state index in [1.165, 1.54) is 29.9 Å². The highest BCUT2D eigenvalue weighted by atomic mass is 19.2. The molecule has 3 aromatic rings. The third-order valence-electron chi connectivity index (χ3n) is 3.50. The molecular weight excluding hydrogens is 320 g/mol. The van der Waals surface area contributed by atoms with Crippen LogP contribution in [0.15, 0.2) is 42.7 Å². The molecule has 1 aromatic carbocycles. The van der Waals surface area contributed by atoms with Crippen molar-refractivity contribution >= 4 is 16.8 Å². The van der Waals surface area contributed by atoms with Crippen LogP contribution in [0.25, 0.3) is 10.9 Å². The molecular formula is C16H13F2N3O3. The summed E-state index contributed by atoms with van der Waals surface area (Å²) in [5.41, 5.74) is 2.28. The number of nitrogens with one attached hydrogen (secondary N) is 1. The third kappa shape index (κ3) is 3.04. The van der Waals surface area contributed by atoms with Gasteiger partial charge in [0.15, 0.2) is 11.6 Å². The molecule has 0 radical (unpaired) electrons. The van der Waals surface area contributed by atoms with Gasteiger partial charge in [-0.3, -0.25) is 15.0 Å². The van der Waals surface area contributed by atoms with E-state index >= 15 is 0 Å². The summed E-state index contributed by atoms with van der Waals surface area (Å²) in [6.07, 6.45) is 3.27. The Morgan fingerprint density at radius 1 is 1.33 bits per heavy atom. The van der Waals surface area contributed by atoms with Gasteiger partial charge in [-0.1, -0.05) is 6.07 Å². The number of aromatic nitrogens is 2. The number of ether oxygens (including phenoxy) is 1. The molecule has 2 N–H and O–H groups in total. The number of fused-ring (bicyclic) bond motifs is 1. The summed E-state index contributed by atoms with van der Waals surface area (Å²) < 4.78 is 33.7. The molecule has 0 aliphatic heterocycles. The van der Waals surface area contributed by atoms with Crippen molar-refractivity contribution in [3.8, 4) is 5.75 Å². The molecule has 0 aliphatic rings. The van der Waals surface area contributed by atoms with Crippen LogP contribution in [0, 0.1) is 11.6 Å². The molecule has 0 spiro atoms. The van der Waals surface area contributed by atoms with Crippen molar-refractivity contribution in [3.05, 3.63) is 60.1 Å². The van der Waals surface area contributed by atoms with Gasteiger partial charge in [-0.15, -0.1) is 0 Å². The first-order chi connectivity index (χ1) is 11.6. The minimum Gasteiger partial charge on any atom is -0.489 e. The van der Waals surface area contributed by atoms with Crippen molar-refractivity contribution in [3.63, 3.8) is 0 Å². The minimum atomic E-state index is -1.03. The van der Waals surface area contributed by atoms with Crippen LogP contribution >= 0.6 is 0 Å². The molecule has 0 saturated heterocycles. The monoisotopic (exact) mass is 333 g/mol. The van der Waals surface area contributed by atoms with Crippen LogP contribution in [0.3, 0.4) is 0 Å². The number of hydrogen-bond donors (Lipinski definition) is 2. The molecule has 2 aromatic heterocycles. The third-order valence-corrected chi connectivity index (χ3v) is 3.50. The first kappa shape index (κ1) is 15.9. The number of amides is 1. The van der Waals surface area contributed by atoms with Crippen molar-refractivity contribution in [2.24, 2.45) is 0 Å². The van der Waals surface area contributed by atoms with Crippen molar-refractivity contribution in [2.45, 2.75) is 6.54 Å². The average molecular weight is 333 g/mol. The predicted octanol–water partition coefficient (Wildman–Crippen LogP) is 2.51. The lowest BCUT2D eigenvalue weighted by Crippen LogP contribution is -2.19. The van der Waals surface area contributed by atoms with Crippen LogP contribution in [0.2, 0.25) is 0 Å². The summed E-state index contributed by atoms with van der Waals surface area (Å²) in [4.78, 5) is 15.4. The molecule has 6 nitrogen and oxygen atoms in total. The molecule has 124 valence electrons. The van der Waals surface area contributed by atoms with E-state index in [2.05, 4.69) is 4.98 Å². The van der Waals surface area contributed by atoms with E-state index in [0.29, 0.717) is 12.1 Å². The van der Waals surface area contributed by atoms with Crippen molar-refractivity contribution < 1.29 is 23.5 Å². The molecule has 8 heteroatoms. The first-order valence-electron chi connectivity index (χ1n) is 7.06. The number of benzene rings is 1. The molecule has 2 heterocycles. The van der Waals surface area contributed by atoms with Crippen LogP contribution in [0.4, 0.5) is 8.78 Å². The number of nitrogens with zero attached hydrogens (tertiary/aromatic N) is 2. The Balaban J connectivity index is 1.75. The molecule has 0 atom stereocenters. The van der Waals surface area contributed by atoms with Crippen molar-refractivity contribution in [1.82, 2.24) is 15.0 Å². The summed E-state index contributed by atoms with van der Waals surface area (Å²) in [5, 5.41) is 9.46. The van der Waals surface area contributed by atoms with E-state index in [-0.39, 0.29) is 18.1 Å². The lowest BCUT2D eigenvalue weighted by molar-refractivity contribution is 0.0701.